The van der Waals surface area contributed by atoms with Gasteiger partial charge in [-0.2, -0.15) is 4.98 Å². The van der Waals surface area contributed by atoms with Crippen molar-refractivity contribution in [3.63, 3.8) is 0 Å². The monoisotopic (exact) mass is 426 g/mol. The maximum absolute atomic E-state index is 13.5. The van der Waals surface area contributed by atoms with Crippen LogP contribution >= 0.6 is 11.8 Å². The molecule has 0 radical (unpaired) electrons. The van der Waals surface area contributed by atoms with E-state index in [4.69, 9.17) is 6.42 Å². The van der Waals surface area contributed by atoms with Crippen molar-refractivity contribution < 1.29 is 0 Å². The number of aromatic nitrogens is 2. The highest BCUT2D eigenvalue weighted by Crippen LogP contribution is 2.50. The van der Waals surface area contributed by atoms with Gasteiger partial charge in [0.15, 0.2) is 5.16 Å². The van der Waals surface area contributed by atoms with E-state index in [9.17, 15) is 4.79 Å². The first-order chi connectivity index (χ1) is 15.2. The third kappa shape index (κ3) is 3.62. The predicted octanol–water partition coefficient (Wildman–Crippen LogP) is 5.25. The van der Waals surface area contributed by atoms with Gasteiger partial charge in [-0.05, 0) is 36.8 Å². The lowest BCUT2D eigenvalue weighted by molar-refractivity contribution is 0.417. The summed E-state index contributed by atoms with van der Waals surface area (Å²) in [5.41, 5.74) is 5.72. The minimum atomic E-state index is -0.0718. The summed E-state index contributed by atoms with van der Waals surface area (Å²) in [6.45, 7) is 0.775. The summed E-state index contributed by atoms with van der Waals surface area (Å²) in [6.07, 6.45) is 11.9. The molecule has 2 aliphatic rings. The van der Waals surface area contributed by atoms with Gasteiger partial charge < -0.3 is 4.57 Å². The second kappa shape index (κ2) is 8.40. The molecule has 3 nitrogen and oxygen atoms in total. The molecular formula is C27H26N2OS. The fraction of sp³-hybridized carbons (Fsp3) is 0.333. The normalized spacial score (nSPS) is 16.0. The first kappa shape index (κ1) is 20.2. The molecule has 0 saturated heterocycles. The number of rotatable bonds is 5. The molecule has 0 bridgehead atoms. The smallest absolute Gasteiger partial charge is 0.278 e. The van der Waals surface area contributed by atoms with Crippen LogP contribution in [0.25, 0.3) is 11.3 Å². The van der Waals surface area contributed by atoms with Gasteiger partial charge >= 0.3 is 0 Å². The first-order valence-electron chi connectivity index (χ1n) is 11.1. The number of benzene rings is 2. The van der Waals surface area contributed by atoms with Crippen molar-refractivity contribution in [3.05, 3.63) is 81.6 Å². The molecule has 2 aromatic carbocycles. The summed E-state index contributed by atoms with van der Waals surface area (Å²) in [7, 11) is 0. The Morgan fingerprint density at radius 2 is 1.81 bits per heavy atom. The molecule has 3 aromatic rings. The molecule has 1 saturated carbocycles. The van der Waals surface area contributed by atoms with Crippen LogP contribution in [0.5, 0.6) is 0 Å². The van der Waals surface area contributed by atoms with E-state index >= 15 is 0 Å². The summed E-state index contributed by atoms with van der Waals surface area (Å²) in [6, 6.07) is 19.1. The second-order valence-electron chi connectivity index (χ2n) is 8.62. The Hall–Kier alpha value is -2.77. The molecule has 0 amide bonds. The first-order valence-corrected chi connectivity index (χ1v) is 12.0. The molecule has 0 unspecified atom stereocenters. The van der Waals surface area contributed by atoms with E-state index in [1.54, 1.807) is 0 Å². The lowest BCUT2D eigenvalue weighted by Crippen LogP contribution is -2.39. The van der Waals surface area contributed by atoms with E-state index in [2.05, 4.69) is 64.0 Å². The van der Waals surface area contributed by atoms with Crippen LogP contribution in [-0.4, -0.2) is 15.3 Å². The van der Waals surface area contributed by atoms with Crippen LogP contribution in [0, 0.1) is 12.3 Å². The van der Waals surface area contributed by atoms with Crippen molar-refractivity contribution in [1.29, 1.82) is 0 Å². The summed E-state index contributed by atoms with van der Waals surface area (Å²) in [5, 5.41) is 0.738. The van der Waals surface area contributed by atoms with E-state index in [-0.39, 0.29) is 11.0 Å². The third-order valence-corrected chi connectivity index (χ3v) is 7.67. The highest BCUT2D eigenvalue weighted by Gasteiger charge is 2.44. The number of fused-ring (bicyclic) bond motifs is 4. The fourth-order valence-electron chi connectivity index (χ4n) is 5.44. The van der Waals surface area contributed by atoms with Crippen LogP contribution in [0.3, 0.4) is 0 Å². The molecule has 0 aliphatic heterocycles. The minimum Gasteiger partial charge on any atom is -0.319 e. The topological polar surface area (TPSA) is 34.9 Å². The van der Waals surface area contributed by atoms with Crippen LogP contribution in [0.4, 0.5) is 0 Å². The van der Waals surface area contributed by atoms with Crippen LogP contribution in [0.15, 0.2) is 64.5 Å². The molecule has 1 aromatic heterocycles. The van der Waals surface area contributed by atoms with Crippen molar-refractivity contribution in [2.24, 2.45) is 0 Å². The predicted molar refractivity (Wildman–Crippen MR) is 127 cm³/mol. The van der Waals surface area contributed by atoms with Gasteiger partial charge in [-0.25, -0.2) is 0 Å². The Labute approximate surface area is 187 Å². The summed E-state index contributed by atoms with van der Waals surface area (Å²) in [5.74, 6) is 3.20. The minimum absolute atomic E-state index is 0.0538. The van der Waals surface area contributed by atoms with Crippen LogP contribution < -0.4 is 5.56 Å². The Morgan fingerprint density at radius 1 is 1.06 bits per heavy atom. The number of hydrogen-bond acceptors (Lipinski definition) is 3. The Bertz CT molecular complexity index is 1200. The average Bonchev–Trinajstić information content (AvgIpc) is 3.25. The Balaban J connectivity index is 1.72. The maximum atomic E-state index is 13.5. The highest BCUT2D eigenvalue weighted by atomic mass is 32.2. The zero-order valence-electron chi connectivity index (χ0n) is 17.6. The summed E-state index contributed by atoms with van der Waals surface area (Å²) >= 11 is 1.49. The van der Waals surface area contributed by atoms with Gasteiger partial charge in [-0.15, -0.1) is 6.42 Å². The number of nitrogens with zero attached hydrogens (tertiary/aromatic N) is 2. The zero-order chi connectivity index (χ0) is 21.3. The SMILES string of the molecule is C#CCSc1nc(=O)c2c(n1CCc1ccccc1)-c1ccccc1CC21CCCC1. The van der Waals surface area contributed by atoms with Crippen molar-refractivity contribution in [1.82, 2.24) is 9.55 Å². The van der Waals surface area contributed by atoms with Gasteiger partial charge in [-0.3, -0.25) is 4.79 Å². The molecule has 5 rings (SSSR count). The van der Waals surface area contributed by atoms with E-state index in [0.717, 1.165) is 48.6 Å². The Morgan fingerprint density at radius 3 is 2.58 bits per heavy atom. The van der Waals surface area contributed by atoms with Crippen molar-refractivity contribution in [2.75, 3.05) is 5.75 Å². The highest BCUT2D eigenvalue weighted by molar-refractivity contribution is 7.99. The molecule has 1 spiro atoms. The molecule has 31 heavy (non-hydrogen) atoms. The molecule has 1 fully saturated rings. The lowest BCUT2D eigenvalue weighted by atomic mass is 9.68. The van der Waals surface area contributed by atoms with Crippen LogP contribution in [0.2, 0.25) is 0 Å². The van der Waals surface area contributed by atoms with Gasteiger partial charge in [0.05, 0.1) is 17.0 Å². The van der Waals surface area contributed by atoms with Gasteiger partial charge in [0, 0.05) is 17.5 Å². The molecular weight excluding hydrogens is 400 g/mol. The van der Waals surface area contributed by atoms with Gasteiger partial charge in [0.25, 0.3) is 5.56 Å². The Kier molecular flexibility index (Phi) is 5.46. The van der Waals surface area contributed by atoms with E-state index in [0.29, 0.717) is 5.75 Å². The third-order valence-electron chi connectivity index (χ3n) is 6.79. The number of aryl methyl sites for hydroxylation is 1. The van der Waals surface area contributed by atoms with Gasteiger partial charge in [-0.1, -0.05) is 85.1 Å². The zero-order valence-corrected chi connectivity index (χ0v) is 18.5. The van der Waals surface area contributed by atoms with Gasteiger partial charge in [0.1, 0.15) is 0 Å². The van der Waals surface area contributed by atoms with E-state index in [1.165, 1.54) is 41.3 Å². The average molecular weight is 427 g/mol. The summed E-state index contributed by atoms with van der Waals surface area (Å²) < 4.78 is 2.28. The quantitative estimate of drug-likeness (QED) is 0.318. The molecule has 2 aliphatic carbocycles. The summed E-state index contributed by atoms with van der Waals surface area (Å²) in [4.78, 5) is 18.1. The van der Waals surface area contributed by atoms with Crippen molar-refractivity contribution in [2.45, 2.75) is 55.6 Å². The van der Waals surface area contributed by atoms with Crippen LogP contribution in [-0.2, 0) is 24.8 Å². The molecule has 1 heterocycles. The molecule has 156 valence electrons. The number of hydrogen-bond donors (Lipinski definition) is 0. The van der Waals surface area contributed by atoms with E-state index in [1.807, 2.05) is 6.07 Å². The molecule has 0 atom stereocenters. The van der Waals surface area contributed by atoms with Crippen molar-refractivity contribution >= 4 is 11.8 Å². The molecule has 4 heteroatoms. The van der Waals surface area contributed by atoms with Crippen molar-refractivity contribution in [3.8, 4) is 23.6 Å². The van der Waals surface area contributed by atoms with Crippen LogP contribution in [0.1, 0.15) is 42.4 Å². The lowest BCUT2D eigenvalue weighted by Gasteiger charge is -2.37. The number of thioether (sulfide) groups is 1. The molecule has 0 N–H and O–H groups in total. The maximum Gasteiger partial charge on any atom is 0.278 e. The van der Waals surface area contributed by atoms with E-state index < -0.39 is 0 Å². The largest absolute Gasteiger partial charge is 0.319 e. The fourth-order valence-corrected chi connectivity index (χ4v) is 6.14. The van der Waals surface area contributed by atoms with Gasteiger partial charge in [0.2, 0.25) is 0 Å². The standard InChI is InChI=1S/C27H26N2OS/c1-2-18-31-26-28-25(30)23-24(29(26)17-14-20-10-4-3-5-11-20)22-13-7-6-12-21(22)19-27(23)15-8-9-16-27/h1,3-7,10-13H,8-9,14-19H2. The number of terminal acetylenes is 1. The second-order valence-corrected chi connectivity index (χ2v) is 9.57.